The lowest BCUT2D eigenvalue weighted by Gasteiger charge is -2.30. The summed E-state index contributed by atoms with van der Waals surface area (Å²) in [6.45, 7) is 4.62. The Kier molecular flexibility index (Phi) is 4.68. The van der Waals surface area contributed by atoms with E-state index in [0.717, 1.165) is 26.1 Å². The minimum absolute atomic E-state index is 0.0835. The fourth-order valence-corrected chi connectivity index (χ4v) is 2.53. The molecule has 1 aliphatic heterocycles. The molecule has 6 nitrogen and oxygen atoms in total. The number of nitrogens with one attached hydrogen (secondary N) is 1. The molecule has 1 saturated heterocycles. The lowest BCUT2D eigenvalue weighted by Crippen LogP contribution is -2.43. The smallest absolute Gasteiger partial charge is 0.310 e. The fraction of sp³-hybridized carbons (Fsp3) is 0.615. The van der Waals surface area contributed by atoms with Gasteiger partial charge >= 0.3 is 5.69 Å². The van der Waals surface area contributed by atoms with Gasteiger partial charge in [-0.1, -0.05) is 6.42 Å². The van der Waals surface area contributed by atoms with E-state index in [2.05, 4.69) is 15.2 Å². The standard InChI is InChI=1S/C13H20N4O2/c1-2-16(10-11-5-3-4-7-15-11)12-6-8-14-9-13(12)17(18)19/h6,8-9,11,15H,2-5,7,10H2,1H3. The van der Waals surface area contributed by atoms with Crippen LogP contribution in [0.2, 0.25) is 0 Å². The third-order valence-electron chi connectivity index (χ3n) is 3.55. The molecular formula is C13H20N4O2. The van der Waals surface area contributed by atoms with Crippen LogP contribution in [-0.2, 0) is 0 Å². The Hall–Kier alpha value is -1.69. The monoisotopic (exact) mass is 264 g/mol. The Balaban J connectivity index is 2.14. The van der Waals surface area contributed by atoms with Crippen molar-refractivity contribution in [2.24, 2.45) is 0 Å². The molecule has 2 rings (SSSR count). The molecule has 1 N–H and O–H groups in total. The fourth-order valence-electron chi connectivity index (χ4n) is 2.53. The summed E-state index contributed by atoms with van der Waals surface area (Å²) < 4.78 is 0. The lowest BCUT2D eigenvalue weighted by atomic mass is 10.0. The maximum atomic E-state index is 11.1. The van der Waals surface area contributed by atoms with Gasteiger partial charge < -0.3 is 10.2 Å². The second-order valence-electron chi connectivity index (χ2n) is 4.81. The molecule has 1 unspecified atom stereocenters. The highest BCUT2D eigenvalue weighted by Gasteiger charge is 2.22. The number of pyridine rings is 1. The van der Waals surface area contributed by atoms with Crippen molar-refractivity contribution < 1.29 is 4.92 Å². The predicted octanol–water partition coefficient (Wildman–Crippen LogP) is 1.96. The molecule has 6 heteroatoms. The highest BCUT2D eigenvalue weighted by Crippen LogP contribution is 2.27. The van der Waals surface area contributed by atoms with Gasteiger partial charge in [0.2, 0.25) is 0 Å². The summed E-state index contributed by atoms with van der Waals surface area (Å²) in [6, 6.07) is 2.14. The molecule has 1 atom stereocenters. The average Bonchev–Trinajstić information content (AvgIpc) is 2.46. The van der Waals surface area contributed by atoms with Crippen molar-refractivity contribution in [3.63, 3.8) is 0 Å². The third-order valence-corrected chi connectivity index (χ3v) is 3.55. The number of hydrogen-bond donors (Lipinski definition) is 1. The summed E-state index contributed by atoms with van der Waals surface area (Å²) in [5.41, 5.74) is 0.745. The second-order valence-corrected chi connectivity index (χ2v) is 4.81. The zero-order valence-corrected chi connectivity index (χ0v) is 11.2. The SMILES string of the molecule is CCN(CC1CCCCN1)c1ccncc1[N+](=O)[O-]. The summed E-state index contributed by atoms with van der Waals surface area (Å²) in [6.07, 6.45) is 6.52. The molecule has 0 spiro atoms. The number of anilines is 1. The van der Waals surface area contributed by atoms with Crippen LogP contribution in [0.15, 0.2) is 18.5 Å². The second kappa shape index (κ2) is 6.47. The molecule has 0 saturated carbocycles. The van der Waals surface area contributed by atoms with Gasteiger partial charge in [0.05, 0.1) is 4.92 Å². The van der Waals surface area contributed by atoms with Crippen LogP contribution in [0.3, 0.4) is 0 Å². The van der Waals surface area contributed by atoms with Crippen LogP contribution >= 0.6 is 0 Å². The molecule has 0 aromatic carbocycles. The zero-order valence-electron chi connectivity index (χ0n) is 11.2. The molecule has 1 fully saturated rings. The van der Waals surface area contributed by atoms with Crippen LogP contribution in [0, 0.1) is 10.1 Å². The average molecular weight is 264 g/mol. The van der Waals surface area contributed by atoms with E-state index in [1.54, 1.807) is 12.3 Å². The molecule has 1 aromatic heterocycles. The van der Waals surface area contributed by atoms with Gasteiger partial charge in [0.15, 0.2) is 0 Å². The molecule has 19 heavy (non-hydrogen) atoms. The first kappa shape index (κ1) is 13.7. The van der Waals surface area contributed by atoms with Crippen LogP contribution < -0.4 is 10.2 Å². The molecule has 0 aliphatic carbocycles. The molecule has 104 valence electrons. The number of nitro groups is 1. The number of nitrogens with zero attached hydrogens (tertiary/aromatic N) is 3. The van der Waals surface area contributed by atoms with E-state index in [9.17, 15) is 10.1 Å². The summed E-state index contributed by atoms with van der Waals surface area (Å²) in [5, 5.41) is 14.5. The van der Waals surface area contributed by atoms with Gasteiger partial charge in [-0.3, -0.25) is 15.1 Å². The Morgan fingerprint density at radius 3 is 3.05 bits per heavy atom. The van der Waals surface area contributed by atoms with Crippen molar-refractivity contribution in [2.45, 2.75) is 32.2 Å². The quantitative estimate of drug-likeness (QED) is 0.650. The van der Waals surface area contributed by atoms with Crippen molar-refractivity contribution in [1.82, 2.24) is 10.3 Å². The first-order chi connectivity index (χ1) is 9.22. The van der Waals surface area contributed by atoms with Gasteiger partial charge in [0.1, 0.15) is 11.9 Å². The van der Waals surface area contributed by atoms with Gasteiger partial charge in [0.25, 0.3) is 0 Å². The molecule has 0 amide bonds. The van der Waals surface area contributed by atoms with Crippen LogP contribution in [0.1, 0.15) is 26.2 Å². The molecule has 0 radical (unpaired) electrons. The van der Waals surface area contributed by atoms with Crippen molar-refractivity contribution in [2.75, 3.05) is 24.5 Å². The van der Waals surface area contributed by atoms with E-state index in [0.29, 0.717) is 11.7 Å². The highest BCUT2D eigenvalue weighted by molar-refractivity contribution is 5.61. The third kappa shape index (κ3) is 3.41. The van der Waals surface area contributed by atoms with Gasteiger partial charge in [0, 0.05) is 25.3 Å². The van der Waals surface area contributed by atoms with Crippen LogP contribution in [0.4, 0.5) is 11.4 Å². The summed E-state index contributed by atoms with van der Waals surface area (Å²) in [5.74, 6) is 0. The van der Waals surface area contributed by atoms with Gasteiger partial charge in [-0.15, -0.1) is 0 Å². The number of hydrogen-bond acceptors (Lipinski definition) is 5. The number of likely N-dealkylation sites (N-methyl/N-ethyl adjacent to an activating group) is 1. The largest absolute Gasteiger partial charge is 0.365 e. The Labute approximate surface area is 113 Å². The van der Waals surface area contributed by atoms with E-state index >= 15 is 0 Å². The molecule has 1 aliphatic rings. The Morgan fingerprint density at radius 2 is 2.42 bits per heavy atom. The topological polar surface area (TPSA) is 71.3 Å². The predicted molar refractivity (Wildman–Crippen MR) is 74.4 cm³/mol. The van der Waals surface area contributed by atoms with Crippen molar-refractivity contribution in [1.29, 1.82) is 0 Å². The summed E-state index contributed by atoms with van der Waals surface area (Å²) in [7, 11) is 0. The van der Waals surface area contributed by atoms with E-state index in [1.165, 1.54) is 19.0 Å². The van der Waals surface area contributed by atoms with Crippen molar-refractivity contribution in [3.8, 4) is 0 Å². The van der Waals surface area contributed by atoms with Gasteiger partial charge in [-0.05, 0) is 32.4 Å². The molecule has 2 heterocycles. The van der Waals surface area contributed by atoms with Crippen LogP contribution in [0.5, 0.6) is 0 Å². The Bertz CT molecular complexity index is 432. The first-order valence-corrected chi connectivity index (χ1v) is 6.79. The molecule has 1 aromatic rings. The Morgan fingerprint density at radius 1 is 1.58 bits per heavy atom. The minimum atomic E-state index is -0.362. The van der Waals surface area contributed by atoms with E-state index in [-0.39, 0.29) is 10.6 Å². The summed E-state index contributed by atoms with van der Waals surface area (Å²) >= 11 is 0. The zero-order chi connectivity index (χ0) is 13.7. The lowest BCUT2D eigenvalue weighted by molar-refractivity contribution is -0.384. The first-order valence-electron chi connectivity index (χ1n) is 6.79. The van der Waals surface area contributed by atoms with Gasteiger partial charge in [-0.2, -0.15) is 0 Å². The number of aromatic nitrogens is 1. The van der Waals surface area contributed by atoms with Crippen molar-refractivity contribution >= 4 is 11.4 Å². The van der Waals surface area contributed by atoms with Gasteiger partial charge in [-0.25, -0.2) is 0 Å². The molecule has 0 bridgehead atoms. The van der Waals surface area contributed by atoms with E-state index in [4.69, 9.17) is 0 Å². The maximum Gasteiger partial charge on any atom is 0.310 e. The number of piperidine rings is 1. The highest BCUT2D eigenvalue weighted by atomic mass is 16.6. The van der Waals surface area contributed by atoms with E-state index in [1.807, 2.05) is 6.92 Å². The summed E-state index contributed by atoms with van der Waals surface area (Å²) in [4.78, 5) is 16.6. The maximum absolute atomic E-state index is 11.1. The molecular weight excluding hydrogens is 244 g/mol. The van der Waals surface area contributed by atoms with Crippen molar-refractivity contribution in [3.05, 3.63) is 28.6 Å². The number of rotatable bonds is 5. The minimum Gasteiger partial charge on any atom is -0.365 e. The van der Waals surface area contributed by atoms with Crippen LogP contribution in [-0.4, -0.2) is 35.6 Å². The van der Waals surface area contributed by atoms with Crippen LogP contribution in [0.25, 0.3) is 0 Å². The van der Waals surface area contributed by atoms with E-state index < -0.39 is 0 Å². The normalized spacial score (nSPS) is 19.1.